The zero-order valence-electron chi connectivity index (χ0n) is 28.6. The number of hydrogen-bond acceptors (Lipinski definition) is 4. The van der Waals surface area contributed by atoms with Crippen molar-refractivity contribution in [2.45, 2.75) is 124 Å². The summed E-state index contributed by atoms with van der Waals surface area (Å²) in [6.07, 6.45) is 0. The second kappa shape index (κ2) is 11.4. The van der Waals surface area contributed by atoms with Crippen LogP contribution in [-0.2, 0) is 41.3 Å². The van der Waals surface area contributed by atoms with E-state index in [0.29, 0.717) is 31.1 Å². The van der Waals surface area contributed by atoms with Gasteiger partial charge in [0, 0.05) is 18.5 Å². The van der Waals surface area contributed by atoms with E-state index in [1.165, 1.54) is 0 Å². The zero-order chi connectivity index (χ0) is 32.1. The molecule has 0 atom stereocenters. The van der Waals surface area contributed by atoms with Gasteiger partial charge < -0.3 is 14.6 Å². The summed E-state index contributed by atoms with van der Waals surface area (Å²) in [5.41, 5.74) is 6.26. The SMILES string of the molecule is CC(C)(C)c1cc(CN(Cc2cc(C(C)(C)C)c(O)c(C(C)(C)C)c2)Cc2cc3ccccc3o2)cc(C(C)(C)C)c1O. The number of nitrogens with zero attached hydrogens (tertiary/aromatic N) is 1. The minimum atomic E-state index is -0.205. The maximum absolute atomic E-state index is 11.4. The largest absolute Gasteiger partial charge is 0.507 e. The van der Waals surface area contributed by atoms with Gasteiger partial charge in [0.05, 0.1) is 6.54 Å². The molecule has 4 rings (SSSR count). The number of hydrogen-bond donors (Lipinski definition) is 2. The van der Waals surface area contributed by atoms with E-state index >= 15 is 0 Å². The monoisotopic (exact) mass is 583 g/mol. The van der Waals surface area contributed by atoms with Crippen LogP contribution in [0.5, 0.6) is 11.5 Å². The standard InChI is InChI=1S/C39H53NO3/c1-36(2,3)29-17-25(18-30(34(29)41)37(4,5)6)22-40(24-28-21-27-15-13-14-16-33(27)43-28)23-26-19-31(38(7,8)9)35(42)32(20-26)39(10,11)12/h13-21,41-42H,22-24H2,1-12H3. The molecule has 4 heteroatoms. The van der Waals surface area contributed by atoms with E-state index in [9.17, 15) is 10.2 Å². The molecule has 0 aliphatic carbocycles. The fourth-order valence-corrected chi connectivity index (χ4v) is 5.88. The molecule has 43 heavy (non-hydrogen) atoms. The molecule has 0 radical (unpaired) electrons. The van der Waals surface area contributed by atoms with Crippen molar-refractivity contribution in [1.82, 2.24) is 4.90 Å². The Balaban J connectivity index is 1.84. The molecule has 232 valence electrons. The summed E-state index contributed by atoms with van der Waals surface area (Å²) in [5.74, 6) is 1.71. The lowest BCUT2D eigenvalue weighted by Gasteiger charge is -2.31. The molecule has 0 bridgehead atoms. The molecule has 1 heterocycles. The molecule has 0 unspecified atom stereocenters. The Hall–Kier alpha value is -3.24. The molecular formula is C39H53NO3. The summed E-state index contributed by atoms with van der Waals surface area (Å²) in [6.45, 7) is 27.9. The third-order valence-corrected chi connectivity index (χ3v) is 8.24. The smallest absolute Gasteiger partial charge is 0.134 e. The summed E-state index contributed by atoms with van der Waals surface area (Å²) in [4.78, 5) is 2.41. The van der Waals surface area contributed by atoms with Crippen LogP contribution in [0.2, 0.25) is 0 Å². The molecule has 1 aromatic heterocycles. The molecule has 4 nitrogen and oxygen atoms in total. The Labute approximate surface area is 259 Å². The minimum Gasteiger partial charge on any atom is -0.507 e. The van der Waals surface area contributed by atoms with Crippen LogP contribution in [-0.4, -0.2) is 15.1 Å². The Morgan fingerprint density at radius 3 is 1.26 bits per heavy atom. The van der Waals surface area contributed by atoms with Crippen molar-refractivity contribution in [1.29, 1.82) is 0 Å². The van der Waals surface area contributed by atoms with Crippen molar-refractivity contribution < 1.29 is 14.6 Å². The zero-order valence-corrected chi connectivity index (χ0v) is 28.6. The molecule has 0 spiro atoms. The van der Waals surface area contributed by atoms with Gasteiger partial charge in [-0.05, 0) is 67.2 Å². The van der Waals surface area contributed by atoms with Gasteiger partial charge >= 0.3 is 0 Å². The van der Waals surface area contributed by atoms with Crippen LogP contribution in [0.1, 0.15) is 122 Å². The third-order valence-electron chi connectivity index (χ3n) is 8.24. The Morgan fingerprint density at radius 2 is 0.907 bits per heavy atom. The summed E-state index contributed by atoms with van der Waals surface area (Å²) < 4.78 is 6.30. The summed E-state index contributed by atoms with van der Waals surface area (Å²) in [5, 5.41) is 23.8. The van der Waals surface area contributed by atoms with Crippen LogP contribution < -0.4 is 0 Å². The van der Waals surface area contributed by atoms with Crippen molar-refractivity contribution in [3.05, 3.63) is 93.7 Å². The molecule has 0 aliphatic heterocycles. The van der Waals surface area contributed by atoms with E-state index in [0.717, 1.165) is 50.1 Å². The first-order valence-electron chi connectivity index (χ1n) is 15.6. The first kappa shape index (κ1) is 32.7. The molecular weight excluding hydrogens is 530 g/mol. The minimum absolute atomic E-state index is 0.205. The average molecular weight is 584 g/mol. The Morgan fingerprint density at radius 1 is 0.535 bits per heavy atom. The second-order valence-corrected chi connectivity index (χ2v) is 16.5. The normalized spacial score (nSPS) is 13.3. The fourth-order valence-electron chi connectivity index (χ4n) is 5.88. The number of aromatic hydroxyl groups is 2. The van der Waals surface area contributed by atoms with Crippen molar-refractivity contribution in [2.75, 3.05) is 0 Å². The molecule has 0 saturated carbocycles. The quantitative estimate of drug-likeness (QED) is 0.237. The summed E-state index contributed by atoms with van der Waals surface area (Å²) in [7, 11) is 0. The van der Waals surface area contributed by atoms with Gasteiger partial charge in [-0.2, -0.15) is 0 Å². The molecule has 0 amide bonds. The van der Waals surface area contributed by atoms with Crippen LogP contribution >= 0.6 is 0 Å². The number of phenolic OH excluding ortho intramolecular Hbond substituents is 2. The highest BCUT2D eigenvalue weighted by molar-refractivity contribution is 5.77. The number of phenols is 2. The lowest BCUT2D eigenvalue weighted by Crippen LogP contribution is -2.25. The number of benzene rings is 3. The number of fused-ring (bicyclic) bond motifs is 1. The molecule has 0 fully saturated rings. The van der Waals surface area contributed by atoms with Crippen LogP contribution in [0.15, 0.2) is 59.0 Å². The average Bonchev–Trinajstić information content (AvgIpc) is 3.25. The van der Waals surface area contributed by atoms with E-state index < -0.39 is 0 Å². The molecule has 4 aromatic rings. The Bertz CT molecular complexity index is 1410. The van der Waals surface area contributed by atoms with Crippen LogP contribution in [0.25, 0.3) is 11.0 Å². The summed E-state index contributed by atoms with van der Waals surface area (Å²) >= 11 is 0. The van der Waals surface area contributed by atoms with Gasteiger partial charge in [0.15, 0.2) is 0 Å². The molecule has 2 N–H and O–H groups in total. The van der Waals surface area contributed by atoms with Crippen LogP contribution in [0.4, 0.5) is 0 Å². The Kier molecular flexibility index (Phi) is 8.63. The van der Waals surface area contributed by atoms with Crippen LogP contribution in [0, 0.1) is 0 Å². The van der Waals surface area contributed by atoms with Crippen molar-refractivity contribution in [2.24, 2.45) is 0 Å². The summed E-state index contributed by atoms with van der Waals surface area (Å²) in [6, 6.07) is 19.0. The van der Waals surface area contributed by atoms with Gasteiger partial charge in [-0.15, -0.1) is 0 Å². The van der Waals surface area contributed by atoms with E-state index in [2.05, 4.69) is 124 Å². The topological polar surface area (TPSA) is 56.8 Å². The predicted molar refractivity (Wildman–Crippen MR) is 180 cm³/mol. The second-order valence-electron chi connectivity index (χ2n) is 16.5. The fraction of sp³-hybridized carbons (Fsp3) is 0.487. The van der Waals surface area contributed by atoms with Crippen molar-refractivity contribution in [3.8, 4) is 11.5 Å². The van der Waals surface area contributed by atoms with E-state index in [4.69, 9.17) is 4.42 Å². The van der Waals surface area contributed by atoms with Gasteiger partial charge in [0.25, 0.3) is 0 Å². The molecule has 3 aromatic carbocycles. The lowest BCUT2D eigenvalue weighted by molar-refractivity contribution is 0.228. The highest BCUT2D eigenvalue weighted by atomic mass is 16.3. The third kappa shape index (κ3) is 7.47. The molecule has 0 saturated heterocycles. The van der Waals surface area contributed by atoms with E-state index in [1.807, 2.05) is 18.2 Å². The lowest BCUT2D eigenvalue weighted by atomic mass is 9.78. The highest BCUT2D eigenvalue weighted by Gasteiger charge is 2.29. The molecule has 0 aliphatic rings. The number of rotatable bonds is 6. The number of furan rings is 1. The first-order chi connectivity index (χ1) is 19.6. The van der Waals surface area contributed by atoms with Gasteiger partial charge in [-0.25, -0.2) is 0 Å². The van der Waals surface area contributed by atoms with Crippen molar-refractivity contribution >= 4 is 11.0 Å². The van der Waals surface area contributed by atoms with Gasteiger partial charge in [-0.1, -0.05) is 126 Å². The first-order valence-corrected chi connectivity index (χ1v) is 15.6. The van der Waals surface area contributed by atoms with Crippen LogP contribution in [0.3, 0.4) is 0 Å². The van der Waals surface area contributed by atoms with Crippen molar-refractivity contribution in [3.63, 3.8) is 0 Å². The van der Waals surface area contributed by atoms with Gasteiger partial charge in [0.2, 0.25) is 0 Å². The van der Waals surface area contributed by atoms with Gasteiger partial charge in [0.1, 0.15) is 22.8 Å². The van der Waals surface area contributed by atoms with E-state index in [-0.39, 0.29) is 21.7 Å². The number of para-hydroxylation sites is 1. The maximum atomic E-state index is 11.4. The highest BCUT2D eigenvalue weighted by Crippen LogP contribution is 2.42. The van der Waals surface area contributed by atoms with E-state index in [1.54, 1.807) is 0 Å². The maximum Gasteiger partial charge on any atom is 0.134 e. The van der Waals surface area contributed by atoms with Gasteiger partial charge in [-0.3, -0.25) is 4.90 Å². The predicted octanol–water partition coefficient (Wildman–Crippen LogP) is 10.2.